The van der Waals surface area contributed by atoms with Crippen LogP contribution in [0.5, 0.6) is 0 Å². The van der Waals surface area contributed by atoms with E-state index in [-0.39, 0.29) is 22.5 Å². The van der Waals surface area contributed by atoms with Crippen LogP contribution in [-0.4, -0.2) is 22.2 Å². The highest BCUT2D eigenvalue weighted by molar-refractivity contribution is 5.99. The van der Waals surface area contributed by atoms with Gasteiger partial charge in [-0.25, -0.2) is 9.59 Å². The summed E-state index contributed by atoms with van der Waals surface area (Å²) in [6.45, 7) is 0. The van der Waals surface area contributed by atoms with Gasteiger partial charge in [0.25, 0.3) is 0 Å². The number of hydrogen-bond acceptors (Lipinski definition) is 4. The first-order valence-electron chi connectivity index (χ1n) is 9.81. The third kappa shape index (κ3) is 4.15. The molecule has 0 fully saturated rings. The molecule has 4 aromatic rings. The van der Waals surface area contributed by atoms with Crippen LogP contribution in [0.1, 0.15) is 20.7 Å². The molecule has 0 aliphatic heterocycles. The second-order valence-electron chi connectivity index (χ2n) is 6.95. The number of benzene rings is 4. The summed E-state index contributed by atoms with van der Waals surface area (Å²) in [5.74, 6) is -2.29. The highest BCUT2D eigenvalue weighted by atomic mass is 16.4. The number of aromatic carboxylic acids is 2. The summed E-state index contributed by atoms with van der Waals surface area (Å²) < 4.78 is 0. The molecular weight excluding hydrogens is 404 g/mol. The van der Waals surface area contributed by atoms with E-state index in [1.807, 2.05) is 60.7 Å². The van der Waals surface area contributed by atoms with Gasteiger partial charge in [0.2, 0.25) is 0 Å². The predicted molar refractivity (Wildman–Crippen MR) is 122 cm³/mol. The Balaban J connectivity index is 1.93. The monoisotopic (exact) mass is 422 g/mol. The number of nitrogens with zero attached hydrogens (tertiary/aromatic N) is 2. The van der Waals surface area contributed by atoms with Gasteiger partial charge in [-0.2, -0.15) is 0 Å². The Hall–Kier alpha value is -4.58. The first-order valence-corrected chi connectivity index (χ1v) is 9.81. The average Bonchev–Trinajstić information content (AvgIpc) is 2.83. The van der Waals surface area contributed by atoms with Gasteiger partial charge in [0.1, 0.15) is 11.4 Å². The van der Waals surface area contributed by atoms with Gasteiger partial charge in [0, 0.05) is 11.1 Å². The van der Waals surface area contributed by atoms with Crippen molar-refractivity contribution in [3.63, 3.8) is 0 Å². The minimum atomic E-state index is -1.15. The Morgan fingerprint density at radius 3 is 1.22 bits per heavy atom. The molecule has 0 aliphatic carbocycles. The van der Waals surface area contributed by atoms with Crippen LogP contribution in [0.25, 0.3) is 22.3 Å². The molecule has 0 radical (unpaired) electrons. The van der Waals surface area contributed by atoms with Gasteiger partial charge in [-0.3, -0.25) is 0 Å². The fourth-order valence-electron chi connectivity index (χ4n) is 3.45. The molecule has 0 saturated heterocycles. The number of rotatable bonds is 6. The Labute approximate surface area is 184 Å². The van der Waals surface area contributed by atoms with E-state index < -0.39 is 11.9 Å². The molecule has 4 rings (SSSR count). The third-order valence-corrected chi connectivity index (χ3v) is 4.95. The van der Waals surface area contributed by atoms with Crippen LogP contribution in [0, 0.1) is 0 Å². The summed E-state index contributed by atoms with van der Waals surface area (Å²) in [7, 11) is 0. The topological polar surface area (TPSA) is 99.3 Å². The van der Waals surface area contributed by atoms with E-state index in [2.05, 4.69) is 10.2 Å². The van der Waals surface area contributed by atoms with E-state index in [1.54, 1.807) is 24.3 Å². The van der Waals surface area contributed by atoms with E-state index in [1.165, 1.54) is 12.1 Å². The summed E-state index contributed by atoms with van der Waals surface area (Å²) in [6.07, 6.45) is 0. The highest BCUT2D eigenvalue weighted by Gasteiger charge is 2.18. The van der Waals surface area contributed by atoms with Gasteiger partial charge in [-0.1, -0.05) is 84.9 Å². The van der Waals surface area contributed by atoms with Crippen LogP contribution in [0.15, 0.2) is 107 Å². The Morgan fingerprint density at radius 1 is 0.500 bits per heavy atom. The fourth-order valence-corrected chi connectivity index (χ4v) is 3.45. The van der Waals surface area contributed by atoms with Gasteiger partial charge in [-0.15, -0.1) is 10.2 Å². The summed E-state index contributed by atoms with van der Waals surface area (Å²) >= 11 is 0. The fraction of sp³-hybridized carbons (Fsp3) is 0. The number of carboxylic acid groups (broad SMARTS) is 2. The maximum Gasteiger partial charge on any atom is 0.337 e. The van der Waals surface area contributed by atoms with Crippen molar-refractivity contribution in [2.24, 2.45) is 10.2 Å². The summed E-state index contributed by atoms with van der Waals surface area (Å²) in [5.41, 5.74) is 2.99. The van der Waals surface area contributed by atoms with Gasteiger partial charge < -0.3 is 10.2 Å². The first-order chi connectivity index (χ1) is 15.6. The standard InChI is InChI=1S/C26H18N2O4/c29-25(30)21-15-7-13-19(17-9-3-1-4-10-17)23(21)27-28-24-20(18-11-5-2-6-12-18)14-8-16-22(24)26(31)32/h1-16H,(H,29,30)(H,31,32). The van der Waals surface area contributed by atoms with Gasteiger partial charge in [0.05, 0.1) is 11.1 Å². The number of carboxylic acids is 2. The Morgan fingerprint density at radius 2 is 0.875 bits per heavy atom. The van der Waals surface area contributed by atoms with Gasteiger partial charge in [0.15, 0.2) is 0 Å². The smallest absolute Gasteiger partial charge is 0.337 e. The molecule has 156 valence electrons. The number of carbonyl (C=O) groups is 2. The van der Waals surface area contributed by atoms with Crippen molar-refractivity contribution in [2.75, 3.05) is 0 Å². The lowest BCUT2D eigenvalue weighted by molar-refractivity contribution is 0.0686. The van der Waals surface area contributed by atoms with Gasteiger partial charge in [-0.05, 0) is 23.3 Å². The lowest BCUT2D eigenvalue weighted by Gasteiger charge is -2.10. The lowest BCUT2D eigenvalue weighted by atomic mass is 10.00. The molecule has 6 nitrogen and oxygen atoms in total. The molecule has 2 N–H and O–H groups in total. The van der Waals surface area contributed by atoms with Crippen LogP contribution in [0.3, 0.4) is 0 Å². The van der Waals surface area contributed by atoms with Crippen molar-refractivity contribution in [2.45, 2.75) is 0 Å². The zero-order valence-corrected chi connectivity index (χ0v) is 16.8. The third-order valence-electron chi connectivity index (χ3n) is 4.95. The molecule has 0 spiro atoms. The van der Waals surface area contributed by atoms with Crippen molar-refractivity contribution in [1.82, 2.24) is 0 Å². The van der Waals surface area contributed by atoms with E-state index in [0.717, 1.165) is 11.1 Å². The second-order valence-corrected chi connectivity index (χ2v) is 6.95. The highest BCUT2D eigenvalue weighted by Crippen LogP contribution is 2.38. The Bertz CT molecular complexity index is 1210. The Kier molecular flexibility index (Phi) is 5.85. The quantitative estimate of drug-likeness (QED) is 0.333. The molecule has 4 aromatic carbocycles. The van der Waals surface area contributed by atoms with E-state index in [0.29, 0.717) is 11.1 Å². The molecule has 0 unspecified atom stereocenters. The normalized spacial score (nSPS) is 10.9. The van der Waals surface area contributed by atoms with Gasteiger partial charge >= 0.3 is 11.9 Å². The van der Waals surface area contributed by atoms with Crippen LogP contribution in [0.2, 0.25) is 0 Å². The van der Waals surface area contributed by atoms with Crippen molar-refractivity contribution in [3.8, 4) is 22.3 Å². The number of hydrogen-bond donors (Lipinski definition) is 2. The minimum Gasteiger partial charge on any atom is -0.478 e. The molecule has 0 saturated carbocycles. The van der Waals surface area contributed by atoms with Crippen molar-refractivity contribution in [1.29, 1.82) is 0 Å². The van der Waals surface area contributed by atoms with Crippen LogP contribution < -0.4 is 0 Å². The number of azo groups is 1. The maximum absolute atomic E-state index is 11.9. The molecule has 0 aliphatic rings. The van der Waals surface area contributed by atoms with E-state index in [4.69, 9.17) is 0 Å². The molecule has 32 heavy (non-hydrogen) atoms. The molecule has 0 aromatic heterocycles. The van der Waals surface area contributed by atoms with Crippen molar-refractivity contribution in [3.05, 3.63) is 108 Å². The zero-order chi connectivity index (χ0) is 22.5. The predicted octanol–water partition coefficient (Wildman–Crippen LogP) is 6.83. The van der Waals surface area contributed by atoms with E-state index >= 15 is 0 Å². The van der Waals surface area contributed by atoms with Crippen LogP contribution >= 0.6 is 0 Å². The van der Waals surface area contributed by atoms with Crippen LogP contribution in [0.4, 0.5) is 11.4 Å². The maximum atomic E-state index is 11.9. The molecule has 6 heteroatoms. The minimum absolute atomic E-state index is 0.0239. The molecular formula is C26H18N2O4. The SMILES string of the molecule is O=C(O)c1cccc(-c2ccccc2)c1N=Nc1c(C(=O)O)cccc1-c1ccccc1. The molecule has 0 amide bonds. The van der Waals surface area contributed by atoms with E-state index in [9.17, 15) is 19.8 Å². The van der Waals surface area contributed by atoms with Crippen LogP contribution in [-0.2, 0) is 0 Å². The average molecular weight is 422 g/mol. The summed E-state index contributed by atoms with van der Waals surface area (Å²) in [5, 5.41) is 28.0. The molecule has 0 bridgehead atoms. The zero-order valence-electron chi connectivity index (χ0n) is 16.8. The molecule has 0 heterocycles. The molecule has 0 atom stereocenters. The summed E-state index contributed by atoms with van der Waals surface area (Å²) in [4.78, 5) is 23.8. The largest absolute Gasteiger partial charge is 0.478 e. The second kappa shape index (κ2) is 9.06. The first kappa shape index (κ1) is 20.7. The lowest BCUT2D eigenvalue weighted by Crippen LogP contribution is -1.99. The summed E-state index contributed by atoms with van der Waals surface area (Å²) in [6, 6.07) is 28.2. The van der Waals surface area contributed by atoms with Crippen molar-refractivity contribution >= 4 is 23.3 Å². The van der Waals surface area contributed by atoms with Crippen molar-refractivity contribution < 1.29 is 19.8 Å².